The van der Waals surface area contributed by atoms with Crippen LogP contribution in [0.5, 0.6) is 0 Å². The van der Waals surface area contributed by atoms with Crippen LogP contribution in [0.25, 0.3) is 0 Å². The molecule has 1 aromatic carbocycles. The second-order valence-corrected chi connectivity index (χ2v) is 6.47. The van der Waals surface area contributed by atoms with E-state index in [1.54, 1.807) is 0 Å². The summed E-state index contributed by atoms with van der Waals surface area (Å²) in [5.41, 5.74) is 2.85. The average Bonchev–Trinajstić information content (AvgIpc) is 2.27. The molecule has 0 radical (unpaired) electrons. The van der Waals surface area contributed by atoms with Gasteiger partial charge < -0.3 is 0 Å². The lowest BCUT2D eigenvalue weighted by molar-refractivity contribution is 0.775. The monoisotopic (exact) mass is 196 g/mol. The first-order chi connectivity index (χ1) is 5.59. The summed E-state index contributed by atoms with van der Waals surface area (Å²) in [6, 6.07) is 6.74. The third-order valence-corrected chi connectivity index (χ3v) is 5.40. The van der Waals surface area contributed by atoms with Crippen LogP contribution in [-0.4, -0.2) is 0 Å². The molecule has 0 fully saturated rings. The molecule has 1 heterocycles. The number of benzene rings is 1. The van der Waals surface area contributed by atoms with Crippen LogP contribution in [0.15, 0.2) is 23.1 Å². The molecule has 0 nitrogen and oxygen atoms in total. The van der Waals surface area contributed by atoms with Gasteiger partial charge in [0.2, 0.25) is 0 Å². The minimum absolute atomic E-state index is 0.299. The second-order valence-electron chi connectivity index (χ2n) is 3.68. The summed E-state index contributed by atoms with van der Waals surface area (Å²) in [5, 5.41) is 0. The molecule has 1 aliphatic rings. The fraction of sp³-hybridized carbons (Fsp3) is 0.400. The summed E-state index contributed by atoms with van der Waals surface area (Å²) in [6.07, 6.45) is 0. The van der Waals surface area contributed by atoms with Crippen molar-refractivity contribution in [3.05, 3.63) is 29.3 Å². The van der Waals surface area contributed by atoms with Gasteiger partial charge in [0.25, 0.3) is 0 Å². The highest BCUT2D eigenvalue weighted by molar-refractivity contribution is 8.77. The molecule has 0 bridgehead atoms. The standard InChI is InChI=1S/C10H12S2/c1-7-4-5-8-9(6-7)11-12-10(8,2)3/h4-6H,1-3H3. The maximum Gasteiger partial charge on any atom is 0.0470 e. The van der Waals surface area contributed by atoms with E-state index in [4.69, 9.17) is 0 Å². The zero-order valence-electron chi connectivity index (χ0n) is 7.55. The van der Waals surface area contributed by atoms with E-state index in [2.05, 4.69) is 39.0 Å². The van der Waals surface area contributed by atoms with Gasteiger partial charge in [-0.1, -0.05) is 33.7 Å². The molecule has 2 heteroatoms. The highest BCUT2D eigenvalue weighted by atomic mass is 33.1. The molecule has 0 unspecified atom stereocenters. The second kappa shape index (κ2) is 2.71. The van der Waals surface area contributed by atoms with Gasteiger partial charge in [0.1, 0.15) is 0 Å². The Balaban J connectivity index is 2.55. The molecule has 0 amide bonds. The van der Waals surface area contributed by atoms with Crippen molar-refractivity contribution in [3.8, 4) is 0 Å². The van der Waals surface area contributed by atoms with Gasteiger partial charge in [-0.15, -0.1) is 0 Å². The molecule has 0 N–H and O–H groups in total. The molecule has 0 aliphatic carbocycles. The molecule has 0 saturated heterocycles. The summed E-state index contributed by atoms with van der Waals surface area (Å²) in [4.78, 5) is 1.45. The van der Waals surface area contributed by atoms with Crippen molar-refractivity contribution < 1.29 is 0 Å². The van der Waals surface area contributed by atoms with Crippen molar-refractivity contribution in [1.29, 1.82) is 0 Å². The van der Waals surface area contributed by atoms with Crippen molar-refractivity contribution in [1.82, 2.24) is 0 Å². The van der Waals surface area contributed by atoms with Gasteiger partial charge in [-0.2, -0.15) is 0 Å². The van der Waals surface area contributed by atoms with E-state index in [-0.39, 0.29) is 0 Å². The largest absolute Gasteiger partial charge is 0.0778 e. The lowest BCUT2D eigenvalue weighted by Gasteiger charge is -2.15. The lowest BCUT2D eigenvalue weighted by atomic mass is 10.0. The highest BCUT2D eigenvalue weighted by Crippen LogP contribution is 2.56. The third-order valence-electron chi connectivity index (χ3n) is 2.13. The SMILES string of the molecule is Cc1ccc2c(c1)SSC2(C)C. The molecule has 0 atom stereocenters. The Bertz CT molecular complexity index is 316. The predicted octanol–water partition coefficient (Wildman–Crippen LogP) is 3.98. The Morgan fingerprint density at radius 2 is 2.00 bits per heavy atom. The first-order valence-corrected chi connectivity index (χ1v) is 6.21. The van der Waals surface area contributed by atoms with Crippen LogP contribution in [0.4, 0.5) is 0 Å². The first-order valence-electron chi connectivity index (χ1n) is 4.06. The summed E-state index contributed by atoms with van der Waals surface area (Å²) in [5.74, 6) is 0. The van der Waals surface area contributed by atoms with Gasteiger partial charge in [0.15, 0.2) is 0 Å². The Hall–Kier alpha value is -0.0800. The van der Waals surface area contributed by atoms with Gasteiger partial charge in [-0.3, -0.25) is 0 Å². The van der Waals surface area contributed by atoms with Crippen LogP contribution in [-0.2, 0) is 4.75 Å². The fourth-order valence-electron chi connectivity index (χ4n) is 1.39. The molecule has 0 spiro atoms. The molecule has 64 valence electrons. The quantitative estimate of drug-likeness (QED) is 0.576. The maximum absolute atomic E-state index is 2.28. The molecule has 1 aliphatic heterocycles. The topological polar surface area (TPSA) is 0 Å². The summed E-state index contributed by atoms with van der Waals surface area (Å²) in [7, 11) is 3.86. The smallest absolute Gasteiger partial charge is 0.0470 e. The van der Waals surface area contributed by atoms with Crippen LogP contribution in [0.1, 0.15) is 25.0 Å². The van der Waals surface area contributed by atoms with E-state index in [9.17, 15) is 0 Å². The van der Waals surface area contributed by atoms with Gasteiger partial charge in [0.05, 0.1) is 0 Å². The normalized spacial score (nSPS) is 19.2. The zero-order valence-corrected chi connectivity index (χ0v) is 9.18. The molecule has 2 rings (SSSR count). The van der Waals surface area contributed by atoms with Gasteiger partial charge in [0, 0.05) is 9.64 Å². The molecule has 1 aromatic rings. The number of hydrogen-bond acceptors (Lipinski definition) is 2. The molecular weight excluding hydrogens is 184 g/mol. The molecule has 0 aromatic heterocycles. The van der Waals surface area contributed by atoms with Crippen LogP contribution >= 0.6 is 21.6 Å². The van der Waals surface area contributed by atoms with E-state index in [0.717, 1.165) is 0 Å². The summed E-state index contributed by atoms with van der Waals surface area (Å²) >= 11 is 0. The van der Waals surface area contributed by atoms with E-state index in [0.29, 0.717) is 4.75 Å². The number of hydrogen-bond donors (Lipinski definition) is 0. The Kier molecular flexibility index (Phi) is 1.92. The Labute approximate surface area is 81.5 Å². The average molecular weight is 196 g/mol. The van der Waals surface area contributed by atoms with Crippen molar-refractivity contribution in [2.45, 2.75) is 30.4 Å². The number of rotatable bonds is 0. The van der Waals surface area contributed by atoms with Gasteiger partial charge in [-0.25, -0.2) is 0 Å². The van der Waals surface area contributed by atoms with Crippen LogP contribution < -0.4 is 0 Å². The van der Waals surface area contributed by atoms with Crippen molar-refractivity contribution in [2.75, 3.05) is 0 Å². The minimum Gasteiger partial charge on any atom is -0.0778 e. The Morgan fingerprint density at radius 3 is 2.75 bits per heavy atom. The number of aryl methyl sites for hydroxylation is 1. The highest BCUT2D eigenvalue weighted by Gasteiger charge is 2.31. The molecular formula is C10H12S2. The van der Waals surface area contributed by atoms with E-state index in [1.165, 1.54) is 16.0 Å². The van der Waals surface area contributed by atoms with Crippen LogP contribution in [0.3, 0.4) is 0 Å². The Morgan fingerprint density at radius 1 is 1.25 bits per heavy atom. The predicted molar refractivity (Wildman–Crippen MR) is 57.7 cm³/mol. The lowest BCUT2D eigenvalue weighted by Crippen LogP contribution is -2.06. The first kappa shape index (κ1) is 8.52. The molecule has 12 heavy (non-hydrogen) atoms. The van der Waals surface area contributed by atoms with Crippen molar-refractivity contribution in [3.63, 3.8) is 0 Å². The van der Waals surface area contributed by atoms with Crippen molar-refractivity contribution >= 4 is 21.6 Å². The zero-order chi connectivity index (χ0) is 8.77. The van der Waals surface area contributed by atoms with Gasteiger partial charge >= 0.3 is 0 Å². The van der Waals surface area contributed by atoms with Crippen molar-refractivity contribution in [2.24, 2.45) is 0 Å². The van der Waals surface area contributed by atoms with E-state index in [1.807, 2.05) is 21.6 Å². The van der Waals surface area contributed by atoms with Gasteiger partial charge in [-0.05, 0) is 38.0 Å². The van der Waals surface area contributed by atoms with Crippen LogP contribution in [0.2, 0.25) is 0 Å². The minimum atomic E-state index is 0.299. The fourth-order valence-corrected chi connectivity index (χ4v) is 4.24. The summed E-state index contributed by atoms with van der Waals surface area (Å²) in [6.45, 7) is 6.72. The number of fused-ring (bicyclic) bond motifs is 1. The van der Waals surface area contributed by atoms with E-state index < -0.39 is 0 Å². The molecule has 0 saturated carbocycles. The van der Waals surface area contributed by atoms with E-state index >= 15 is 0 Å². The third kappa shape index (κ3) is 1.27. The summed E-state index contributed by atoms with van der Waals surface area (Å²) < 4.78 is 0.299. The maximum atomic E-state index is 2.28. The van der Waals surface area contributed by atoms with Crippen LogP contribution in [0, 0.1) is 6.92 Å².